The maximum atomic E-state index is 14.5. The van der Waals surface area contributed by atoms with Crippen LogP contribution in [-0.2, 0) is 29.4 Å². The number of oxime groups is 1. The molecule has 0 bridgehead atoms. The van der Waals surface area contributed by atoms with Crippen LogP contribution in [0.15, 0.2) is 162 Å². The largest absolute Gasteiger partial charge is 0.466 e. The summed E-state index contributed by atoms with van der Waals surface area (Å²) in [5.41, 5.74) is 2.49. The van der Waals surface area contributed by atoms with E-state index in [-0.39, 0.29) is 11.4 Å². The van der Waals surface area contributed by atoms with Gasteiger partial charge in [-0.25, -0.2) is 14.6 Å². The van der Waals surface area contributed by atoms with Crippen LogP contribution in [0.3, 0.4) is 0 Å². The molecular weight excluding hydrogens is 695 g/mol. The van der Waals surface area contributed by atoms with Crippen LogP contribution in [0.5, 0.6) is 0 Å². The maximum Gasteiger partial charge on any atom is 0.363 e. The smallest absolute Gasteiger partial charge is 0.363 e. The zero-order valence-electron chi connectivity index (χ0n) is 30.0. The summed E-state index contributed by atoms with van der Waals surface area (Å²) in [6.07, 6.45) is 2.58. The number of rotatable bonds is 13. The second-order valence-corrected chi connectivity index (χ2v) is 14.1. The Morgan fingerprint density at radius 3 is 1.63 bits per heavy atom. The Balaban J connectivity index is 1.31. The van der Waals surface area contributed by atoms with Gasteiger partial charge in [0.15, 0.2) is 11.2 Å². The molecule has 5 aromatic carbocycles. The third-order valence-electron chi connectivity index (χ3n) is 9.81. The number of anilines is 1. The lowest BCUT2D eigenvalue weighted by Crippen LogP contribution is -2.43. The lowest BCUT2D eigenvalue weighted by atomic mass is 9.77. The molecule has 0 radical (unpaired) electrons. The van der Waals surface area contributed by atoms with Gasteiger partial charge in [0.05, 0.1) is 7.11 Å². The van der Waals surface area contributed by atoms with Crippen molar-refractivity contribution in [2.24, 2.45) is 5.16 Å². The first kappa shape index (κ1) is 36.3. The van der Waals surface area contributed by atoms with Crippen LogP contribution < -0.4 is 5.32 Å². The van der Waals surface area contributed by atoms with Crippen molar-refractivity contribution in [3.05, 3.63) is 191 Å². The van der Waals surface area contributed by atoms with Crippen LogP contribution in [0.4, 0.5) is 5.13 Å². The molecule has 0 amide bonds. The molecule has 1 saturated carbocycles. The number of benzene rings is 5. The van der Waals surface area contributed by atoms with Crippen LogP contribution >= 0.6 is 11.3 Å². The molecule has 1 fully saturated rings. The first-order valence-electron chi connectivity index (χ1n) is 18.1. The Morgan fingerprint density at radius 1 is 0.704 bits per heavy atom. The molecule has 0 aliphatic heterocycles. The van der Waals surface area contributed by atoms with Gasteiger partial charge in [-0.2, -0.15) is 0 Å². The molecule has 54 heavy (non-hydrogen) atoms. The number of carbonyl (C=O) groups excluding carboxylic acids is 2. The molecule has 0 unspecified atom stereocenters. The predicted octanol–water partition coefficient (Wildman–Crippen LogP) is 9.48. The lowest BCUT2D eigenvalue weighted by Gasteiger charge is -2.36. The summed E-state index contributed by atoms with van der Waals surface area (Å²) in [5, 5.41) is 10.5. The number of esters is 2. The van der Waals surface area contributed by atoms with Crippen molar-refractivity contribution in [2.45, 2.75) is 49.3 Å². The first-order chi connectivity index (χ1) is 26.5. The van der Waals surface area contributed by atoms with Gasteiger partial charge in [-0.05, 0) is 40.7 Å². The highest BCUT2D eigenvalue weighted by atomic mass is 32.1. The Bertz CT molecular complexity index is 2020. The SMILES string of the molecule is COC(=O)C1(O/N=C(/C(=O)OC(c2ccccc2)c2ccccc2)c2csc(NC(c3ccccc3)(c3ccccc3)c3ccccc3)n2)CCCCC1. The number of hydrogen-bond donors (Lipinski definition) is 1. The third-order valence-corrected chi connectivity index (χ3v) is 10.6. The van der Waals surface area contributed by atoms with Gasteiger partial charge in [0.2, 0.25) is 11.3 Å². The zero-order chi connectivity index (χ0) is 37.2. The van der Waals surface area contributed by atoms with Crippen LogP contribution in [0.25, 0.3) is 0 Å². The molecule has 6 aromatic rings. The minimum atomic E-state index is -1.32. The van der Waals surface area contributed by atoms with Gasteiger partial charge in [-0.3, -0.25) is 0 Å². The highest BCUT2D eigenvalue weighted by Crippen LogP contribution is 2.41. The van der Waals surface area contributed by atoms with Crippen molar-refractivity contribution < 1.29 is 23.9 Å². The van der Waals surface area contributed by atoms with Crippen molar-refractivity contribution in [3.8, 4) is 0 Å². The fourth-order valence-electron chi connectivity index (χ4n) is 7.09. The molecule has 0 saturated heterocycles. The summed E-state index contributed by atoms with van der Waals surface area (Å²) < 4.78 is 11.5. The van der Waals surface area contributed by atoms with E-state index in [1.54, 1.807) is 5.38 Å². The van der Waals surface area contributed by atoms with E-state index in [0.29, 0.717) is 18.0 Å². The zero-order valence-corrected chi connectivity index (χ0v) is 30.8. The highest BCUT2D eigenvalue weighted by Gasteiger charge is 2.44. The van der Waals surface area contributed by atoms with E-state index in [1.807, 2.05) is 115 Å². The van der Waals surface area contributed by atoms with Crippen LogP contribution in [0.1, 0.15) is 71.7 Å². The summed E-state index contributed by atoms with van der Waals surface area (Å²) in [5.74, 6) is -1.27. The lowest BCUT2D eigenvalue weighted by molar-refractivity contribution is -0.175. The number of nitrogens with zero attached hydrogens (tertiary/aromatic N) is 2. The molecule has 1 N–H and O–H groups in total. The molecule has 1 heterocycles. The second kappa shape index (κ2) is 16.7. The molecule has 1 aromatic heterocycles. The first-order valence-corrected chi connectivity index (χ1v) is 19.0. The fraction of sp³-hybridized carbons (Fsp3) is 0.200. The van der Waals surface area contributed by atoms with Crippen molar-refractivity contribution in [3.63, 3.8) is 0 Å². The predicted molar refractivity (Wildman–Crippen MR) is 211 cm³/mol. The van der Waals surface area contributed by atoms with Crippen molar-refractivity contribution in [2.75, 3.05) is 12.4 Å². The molecule has 0 atom stereocenters. The molecule has 272 valence electrons. The summed E-state index contributed by atoms with van der Waals surface area (Å²) in [4.78, 5) is 38.7. The molecule has 1 aliphatic carbocycles. The Morgan fingerprint density at radius 2 is 1.17 bits per heavy atom. The van der Waals surface area contributed by atoms with E-state index in [0.717, 1.165) is 47.1 Å². The molecule has 1 aliphatic rings. The van der Waals surface area contributed by atoms with E-state index < -0.39 is 29.2 Å². The van der Waals surface area contributed by atoms with Gasteiger partial charge in [-0.1, -0.05) is 163 Å². The topological polar surface area (TPSA) is 99.1 Å². The quantitative estimate of drug-likeness (QED) is 0.0546. The van der Waals surface area contributed by atoms with E-state index >= 15 is 0 Å². The standard InChI is InChI=1S/C45H41N3O5S/c1-51-42(50)44(30-18-7-19-31-44)53-48-39(41(49)52-40(33-20-8-2-9-21-33)34-22-10-3-11-23-34)38-32-54-43(46-38)47-45(35-24-12-4-13-25-35,36-26-14-5-15-27-36)37-28-16-6-17-29-37/h2-6,8-17,20-29,32,40H,7,18-19,30-31H2,1H3,(H,46,47)/b48-39+. The Kier molecular flexibility index (Phi) is 11.3. The molecular formula is C45H41N3O5S. The van der Waals surface area contributed by atoms with Crippen molar-refractivity contribution in [1.29, 1.82) is 0 Å². The Hall–Kier alpha value is -6.06. The van der Waals surface area contributed by atoms with E-state index in [9.17, 15) is 9.59 Å². The van der Waals surface area contributed by atoms with Gasteiger partial charge in [-0.15, -0.1) is 11.3 Å². The molecule has 8 nitrogen and oxygen atoms in total. The summed E-state index contributed by atoms with van der Waals surface area (Å²) >= 11 is 1.33. The summed E-state index contributed by atoms with van der Waals surface area (Å²) in [6.45, 7) is 0. The van der Waals surface area contributed by atoms with Crippen molar-refractivity contribution in [1.82, 2.24) is 4.98 Å². The van der Waals surface area contributed by atoms with Gasteiger partial charge in [0.1, 0.15) is 11.2 Å². The van der Waals surface area contributed by atoms with E-state index in [2.05, 4.69) is 46.9 Å². The Labute approximate surface area is 319 Å². The summed E-state index contributed by atoms with van der Waals surface area (Å²) in [6, 6.07) is 49.7. The monoisotopic (exact) mass is 735 g/mol. The fourth-order valence-corrected chi connectivity index (χ4v) is 7.84. The van der Waals surface area contributed by atoms with Crippen LogP contribution in [0, 0.1) is 0 Å². The second-order valence-electron chi connectivity index (χ2n) is 13.2. The van der Waals surface area contributed by atoms with Gasteiger partial charge in [0.25, 0.3) is 0 Å². The number of methoxy groups -OCH3 is 1. The van der Waals surface area contributed by atoms with Gasteiger partial charge < -0.3 is 19.6 Å². The van der Waals surface area contributed by atoms with Crippen molar-refractivity contribution >= 4 is 34.1 Å². The summed E-state index contributed by atoms with van der Waals surface area (Å²) in [7, 11) is 1.34. The molecule has 0 spiro atoms. The average Bonchev–Trinajstić information content (AvgIpc) is 3.71. The number of aromatic nitrogens is 1. The number of hydrogen-bond acceptors (Lipinski definition) is 9. The highest BCUT2D eigenvalue weighted by molar-refractivity contribution is 7.14. The van der Waals surface area contributed by atoms with Gasteiger partial charge in [0, 0.05) is 18.2 Å². The average molecular weight is 736 g/mol. The minimum Gasteiger partial charge on any atom is -0.466 e. The van der Waals surface area contributed by atoms with Gasteiger partial charge >= 0.3 is 11.9 Å². The molecule has 9 heteroatoms. The number of ether oxygens (including phenoxy) is 2. The number of thiazole rings is 1. The number of carbonyl (C=O) groups is 2. The minimum absolute atomic E-state index is 0.158. The normalized spacial score (nSPS) is 14.2. The van der Waals surface area contributed by atoms with Crippen LogP contribution in [-0.4, -0.2) is 35.3 Å². The van der Waals surface area contributed by atoms with E-state index in [4.69, 9.17) is 19.3 Å². The molecule has 7 rings (SSSR count). The van der Waals surface area contributed by atoms with E-state index in [1.165, 1.54) is 18.4 Å². The van der Waals surface area contributed by atoms with Crippen LogP contribution in [0.2, 0.25) is 0 Å². The maximum absolute atomic E-state index is 14.5. The third kappa shape index (κ3) is 7.68. The number of nitrogens with one attached hydrogen (secondary N) is 1.